The van der Waals surface area contributed by atoms with Gasteiger partial charge in [0.05, 0.1) is 12.2 Å². The molecule has 0 saturated carbocycles. The Bertz CT molecular complexity index is 1170. The van der Waals surface area contributed by atoms with Gasteiger partial charge >= 0.3 is 17.6 Å². The van der Waals surface area contributed by atoms with Gasteiger partial charge in [-0.05, 0) is 51.3 Å². The average Bonchev–Trinajstić information content (AvgIpc) is 2.97. The van der Waals surface area contributed by atoms with Crippen LogP contribution in [0.1, 0.15) is 55.7 Å². The summed E-state index contributed by atoms with van der Waals surface area (Å²) >= 11 is 0. The summed E-state index contributed by atoms with van der Waals surface area (Å²) in [4.78, 5) is 39.6. The molecule has 2 aromatic heterocycles. The Hall–Kier alpha value is -3.35. The molecule has 3 aromatic rings. The van der Waals surface area contributed by atoms with Crippen molar-refractivity contribution in [3.05, 3.63) is 67.8 Å². The van der Waals surface area contributed by atoms with Gasteiger partial charge in [-0.25, -0.2) is 14.4 Å². The van der Waals surface area contributed by atoms with Crippen molar-refractivity contribution >= 4 is 22.9 Å². The van der Waals surface area contributed by atoms with Crippen molar-refractivity contribution in [3.63, 3.8) is 0 Å². The summed E-state index contributed by atoms with van der Waals surface area (Å²) in [5.74, 6) is -1.11. The number of esters is 2. The van der Waals surface area contributed by atoms with Gasteiger partial charge in [-0.1, -0.05) is 12.1 Å². The van der Waals surface area contributed by atoms with E-state index in [0.29, 0.717) is 33.4 Å². The number of nitrogens with one attached hydrogen (secondary N) is 1. The number of aryl methyl sites for hydroxylation is 3. The number of fused-ring (bicyclic) bond motifs is 1. The lowest BCUT2D eigenvalue weighted by molar-refractivity contribution is 0.0466. The van der Waals surface area contributed by atoms with Crippen LogP contribution in [0.3, 0.4) is 0 Å². The smallest absolute Gasteiger partial charge is 0.355 e. The van der Waals surface area contributed by atoms with Gasteiger partial charge in [0.25, 0.3) is 0 Å². The summed E-state index contributed by atoms with van der Waals surface area (Å²) in [6, 6.07) is 5.08. The first kappa shape index (κ1) is 20.4. The van der Waals surface area contributed by atoms with Crippen molar-refractivity contribution in [3.8, 4) is 0 Å². The van der Waals surface area contributed by atoms with E-state index < -0.39 is 17.6 Å². The SMILES string of the molecule is CCOC(=O)c1c(C)[nH]c(C(=O)OCc2cc(=O)oc3c(C)c(C)ccc23)c1C. The third-order valence-electron chi connectivity index (χ3n) is 5.00. The molecule has 0 aliphatic rings. The Kier molecular flexibility index (Phi) is 5.59. The second-order valence-electron chi connectivity index (χ2n) is 6.90. The summed E-state index contributed by atoms with van der Waals surface area (Å²) in [6.07, 6.45) is 0. The third kappa shape index (κ3) is 3.81. The number of benzene rings is 1. The maximum Gasteiger partial charge on any atom is 0.355 e. The van der Waals surface area contributed by atoms with Crippen LogP contribution in [0.15, 0.2) is 27.4 Å². The molecule has 2 heterocycles. The number of H-pyrrole nitrogens is 1. The van der Waals surface area contributed by atoms with Gasteiger partial charge in [-0.3, -0.25) is 0 Å². The van der Waals surface area contributed by atoms with E-state index in [4.69, 9.17) is 13.9 Å². The predicted octanol–water partition coefficient (Wildman–Crippen LogP) is 3.89. The van der Waals surface area contributed by atoms with Crippen molar-refractivity contribution in [1.82, 2.24) is 4.98 Å². The molecule has 0 spiro atoms. The molecule has 0 unspecified atom stereocenters. The summed E-state index contributed by atoms with van der Waals surface area (Å²) in [7, 11) is 0. The molecule has 0 fully saturated rings. The first-order valence-electron chi connectivity index (χ1n) is 9.30. The third-order valence-corrected chi connectivity index (χ3v) is 5.00. The number of carbonyl (C=O) groups is 2. The Balaban J connectivity index is 1.89. The van der Waals surface area contributed by atoms with Crippen molar-refractivity contribution < 1.29 is 23.5 Å². The second-order valence-corrected chi connectivity index (χ2v) is 6.90. The zero-order valence-corrected chi connectivity index (χ0v) is 17.1. The molecule has 0 radical (unpaired) electrons. The molecule has 0 atom stereocenters. The molecule has 3 rings (SSSR count). The maximum absolute atomic E-state index is 12.6. The first-order valence-corrected chi connectivity index (χ1v) is 9.30. The molecule has 7 heteroatoms. The van der Waals surface area contributed by atoms with E-state index in [1.54, 1.807) is 20.8 Å². The lowest BCUT2D eigenvalue weighted by atomic mass is 10.0. The topological polar surface area (TPSA) is 98.6 Å². The summed E-state index contributed by atoms with van der Waals surface area (Å²) in [5.41, 5.74) is 3.91. The molecule has 0 bridgehead atoms. The second kappa shape index (κ2) is 7.95. The molecule has 7 nitrogen and oxygen atoms in total. The van der Waals surface area contributed by atoms with Gasteiger partial charge in [0.15, 0.2) is 0 Å². The van der Waals surface area contributed by atoms with Crippen LogP contribution < -0.4 is 5.63 Å². The zero-order chi connectivity index (χ0) is 21.3. The molecule has 0 aliphatic heterocycles. The Morgan fingerprint density at radius 1 is 1.03 bits per heavy atom. The molecular weight excluding hydrogens is 374 g/mol. The molecule has 0 saturated heterocycles. The minimum Gasteiger partial charge on any atom is -0.462 e. The van der Waals surface area contributed by atoms with Crippen molar-refractivity contribution in [1.29, 1.82) is 0 Å². The minimum atomic E-state index is -0.619. The van der Waals surface area contributed by atoms with E-state index in [1.807, 2.05) is 26.0 Å². The van der Waals surface area contributed by atoms with Crippen molar-refractivity contribution in [2.24, 2.45) is 0 Å². The molecule has 1 N–H and O–H groups in total. The Morgan fingerprint density at radius 2 is 1.76 bits per heavy atom. The van der Waals surface area contributed by atoms with E-state index in [2.05, 4.69) is 4.98 Å². The van der Waals surface area contributed by atoms with Crippen LogP contribution in [0, 0.1) is 27.7 Å². The van der Waals surface area contributed by atoms with Crippen LogP contribution in [-0.4, -0.2) is 23.5 Å². The largest absolute Gasteiger partial charge is 0.462 e. The van der Waals surface area contributed by atoms with Gasteiger partial charge in [0.1, 0.15) is 17.9 Å². The van der Waals surface area contributed by atoms with Crippen LogP contribution in [0.2, 0.25) is 0 Å². The molecule has 0 aliphatic carbocycles. The van der Waals surface area contributed by atoms with Crippen LogP contribution in [-0.2, 0) is 16.1 Å². The van der Waals surface area contributed by atoms with Gasteiger partial charge in [-0.15, -0.1) is 0 Å². The van der Waals surface area contributed by atoms with Crippen molar-refractivity contribution in [2.75, 3.05) is 6.61 Å². The highest BCUT2D eigenvalue weighted by Crippen LogP contribution is 2.25. The molecule has 29 heavy (non-hydrogen) atoms. The Labute approximate surface area is 167 Å². The van der Waals surface area contributed by atoms with E-state index in [1.165, 1.54) is 6.07 Å². The van der Waals surface area contributed by atoms with Gasteiger partial charge in [-0.2, -0.15) is 0 Å². The van der Waals surface area contributed by atoms with Gasteiger partial charge in [0, 0.05) is 22.7 Å². The van der Waals surface area contributed by atoms with E-state index in [-0.39, 0.29) is 18.9 Å². The lowest BCUT2D eigenvalue weighted by Crippen LogP contribution is -2.10. The van der Waals surface area contributed by atoms with E-state index in [0.717, 1.165) is 11.1 Å². The van der Waals surface area contributed by atoms with Crippen LogP contribution in [0.5, 0.6) is 0 Å². The van der Waals surface area contributed by atoms with Crippen LogP contribution in [0.4, 0.5) is 0 Å². The minimum absolute atomic E-state index is 0.102. The summed E-state index contributed by atoms with van der Waals surface area (Å²) < 4.78 is 15.8. The predicted molar refractivity (Wildman–Crippen MR) is 107 cm³/mol. The maximum atomic E-state index is 12.6. The monoisotopic (exact) mass is 397 g/mol. The standard InChI is InChI=1S/C22H23NO6/c1-6-27-21(25)18-13(4)19(23-14(18)5)22(26)28-10-15-9-17(24)29-20-12(3)11(2)7-8-16(15)20/h7-9,23H,6,10H2,1-5H3. The van der Waals surface area contributed by atoms with Crippen LogP contribution >= 0.6 is 0 Å². The van der Waals surface area contributed by atoms with E-state index >= 15 is 0 Å². The number of rotatable bonds is 5. The number of ether oxygens (including phenoxy) is 2. The summed E-state index contributed by atoms with van der Waals surface area (Å²) in [6.45, 7) is 9.01. The fraction of sp³-hybridized carbons (Fsp3) is 0.318. The quantitative estimate of drug-likeness (QED) is 0.518. The fourth-order valence-electron chi connectivity index (χ4n) is 3.32. The average molecular weight is 397 g/mol. The highest BCUT2D eigenvalue weighted by molar-refractivity contribution is 5.98. The highest BCUT2D eigenvalue weighted by Gasteiger charge is 2.24. The molecule has 0 amide bonds. The Morgan fingerprint density at radius 3 is 2.45 bits per heavy atom. The lowest BCUT2D eigenvalue weighted by Gasteiger charge is -2.10. The highest BCUT2D eigenvalue weighted by atomic mass is 16.5. The number of hydrogen-bond acceptors (Lipinski definition) is 6. The zero-order valence-electron chi connectivity index (χ0n) is 17.1. The number of aromatic amines is 1. The van der Waals surface area contributed by atoms with Crippen molar-refractivity contribution in [2.45, 2.75) is 41.2 Å². The molecular formula is C22H23NO6. The normalized spacial score (nSPS) is 10.9. The van der Waals surface area contributed by atoms with Gasteiger partial charge in [0.2, 0.25) is 0 Å². The number of carbonyl (C=O) groups excluding carboxylic acids is 2. The molecule has 152 valence electrons. The fourth-order valence-corrected chi connectivity index (χ4v) is 3.32. The number of hydrogen-bond donors (Lipinski definition) is 1. The number of aromatic nitrogens is 1. The summed E-state index contributed by atoms with van der Waals surface area (Å²) in [5, 5.41) is 0.715. The van der Waals surface area contributed by atoms with Crippen LogP contribution in [0.25, 0.3) is 11.0 Å². The van der Waals surface area contributed by atoms with Gasteiger partial charge < -0.3 is 18.9 Å². The van der Waals surface area contributed by atoms with E-state index in [9.17, 15) is 14.4 Å². The first-order chi connectivity index (χ1) is 13.7. The molecule has 1 aromatic carbocycles.